The number of rotatable bonds is 4. The first-order chi connectivity index (χ1) is 9.97. The topological polar surface area (TPSA) is 29.1 Å². The SMILES string of the molecule is Cc1cc(F)ccc1C(=O)Nc1ccccc1SC(F)F. The molecule has 0 aromatic heterocycles. The standard InChI is InChI=1S/C15H12F3NOS/c1-9-8-10(16)6-7-11(9)14(20)19-12-4-2-3-5-13(12)21-15(17)18/h2-8,15H,1H3,(H,19,20). The van der Waals surface area contributed by atoms with Crippen molar-refractivity contribution in [1.82, 2.24) is 0 Å². The Balaban J connectivity index is 2.23. The summed E-state index contributed by atoms with van der Waals surface area (Å²) < 4.78 is 38.0. The molecule has 0 bridgehead atoms. The molecule has 2 rings (SSSR count). The summed E-state index contributed by atoms with van der Waals surface area (Å²) >= 11 is 0.361. The number of thioether (sulfide) groups is 1. The Hall–Kier alpha value is -1.95. The molecule has 1 N–H and O–H groups in total. The predicted molar refractivity (Wildman–Crippen MR) is 77.4 cm³/mol. The first kappa shape index (κ1) is 15.4. The van der Waals surface area contributed by atoms with Crippen LogP contribution in [0, 0.1) is 12.7 Å². The number of carbonyl (C=O) groups excluding carboxylic acids is 1. The fraction of sp³-hybridized carbons (Fsp3) is 0.133. The molecule has 0 radical (unpaired) electrons. The van der Waals surface area contributed by atoms with E-state index in [9.17, 15) is 18.0 Å². The molecule has 21 heavy (non-hydrogen) atoms. The molecule has 0 aliphatic heterocycles. The van der Waals surface area contributed by atoms with Crippen LogP contribution in [0.3, 0.4) is 0 Å². The molecule has 2 nitrogen and oxygen atoms in total. The van der Waals surface area contributed by atoms with Crippen LogP contribution in [0.1, 0.15) is 15.9 Å². The number of halogens is 3. The zero-order valence-corrected chi connectivity index (χ0v) is 11.9. The molecule has 2 aromatic carbocycles. The van der Waals surface area contributed by atoms with Crippen LogP contribution in [-0.2, 0) is 0 Å². The number of carbonyl (C=O) groups is 1. The van der Waals surface area contributed by atoms with E-state index >= 15 is 0 Å². The number of hydrogen-bond donors (Lipinski definition) is 1. The Labute approximate surface area is 124 Å². The zero-order chi connectivity index (χ0) is 15.4. The minimum Gasteiger partial charge on any atom is -0.321 e. The van der Waals surface area contributed by atoms with Crippen molar-refractivity contribution in [3.05, 3.63) is 59.4 Å². The molecule has 0 fully saturated rings. The van der Waals surface area contributed by atoms with Gasteiger partial charge in [0.2, 0.25) is 0 Å². The third-order valence-electron chi connectivity index (χ3n) is 2.78. The Morgan fingerprint density at radius 2 is 1.90 bits per heavy atom. The minimum atomic E-state index is -2.57. The van der Waals surface area contributed by atoms with Gasteiger partial charge in [0.25, 0.3) is 11.7 Å². The lowest BCUT2D eigenvalue weighted by Gasteiger charge is -2.11. The second kappa shape index (κ2) is 6.67. The summed E-state index contributed by atoms with van der Waals surface area (Å²) in [6, 6.07) is 10.1. The van der Waals surface area contributed by atoms with Crippen molar-refractivity contribution in [2.45, 2.75) is 17.6 Å². The number of anilines is 1. The Morgan fingerprint density at radius 3 is 2.57 bits per heavy atom. The van der Waals surface area contributed by atoms with Crippen LogP contribution in [0.4, 0.5) is 18.9 Å². The van der Waals surface area contributed by atoms with Crippen LogP contribution in [0.15, 0.2) is 47.4 Å². The molecule has 110 valence electrons. The molecule has 0 saturated carbocycles. The minimum absolute atomic E-state index is 0.278. The Kier molecular flexibility index (Phi) is 4.90. The van der Waals surface area contributed by atoms with Gasteiger partial charge in [-0.2, -0.15) is 8.78 Å². The smallest absolute Gasteiger partial charge is 0.288 e. The van der Waals surface area contributed by atoms with Crippen molar-refractivity contribution in [2.75, 3.05) is 5.32 Å². The van der Waals surface area contributed by atoms with Crippen LogP contribution < -0.4 is 5.32 Å². The molecule has 6 heteroatoms. The van der Waals surface area contributed by atoms with Crippen molar-refractivity contribution in [3.8, 4) is 0 Å². The van der Waals surface area contributed by atoms with E-state index < -0.39 is 17.5 Å². The average molecular weight is 311 g/mol. The maximum Gasteiger partial charge on any atom is 0.288 e. The van der Waals surface area contributed by atoms with Crippen molar-refractivity contribution in [2.24, 2.45) is 0 Å². The highest BCUT2D eigenvalue weighted by atomic mass is 32.2. The summed E-state index contributed by atoms with van der Waals surface area (Å²) in [4.78, 5) is 12.4. The highest BCUT2D eigenvalue weighted by Crippen LogP contribution is 2.31. The monoisotopic (exact) mass is 311 g/mol. The normalized spacial score (nSPS) is 10.7. The molecule has 1 amide bonds. The lowest BCUT2D eigenvalue weighted by atomic mass is 10.1. The van der Waals surface area contributed by atoms with Crippen LogP contribution in [0.25, 0.3) is 0 Å². The summed E-state index contributed by atoms with van der Waals surface area (Å²) in [5, 5.41) is 2.58. The van der Waals surface area contributed by atoms with Crippen LogP contribution in [-0.4, -0.2) is 11.7 Å². The van der Waals surface area contributed by atoms with E-state index in [1.165, 1.54) is 24.3 Å². The molecule has 2 aromatic rings. The van der Waals surface area contributed by atoms with Gasteiger partial charge in [0.1, 0.15) is 5.82 Å². The number of nitrogens with one attached hydrogen (secondary N) is 1. The van der Waals surface area contributed by atoms with Gasteiger partial charge in [0.15, 0.2) is 0 Å². The van der Waals surface area contributed by atoms with E-state index in [0.717, 1.165) is 0 Å². The van der Waals surface area contributed by atoms with Gasteiger partial charge in [-0.3, -0.25) is 4.79 Å². The molecule has 0 spiro atoms. The van der Waals surface area contributed by atoms with Crippen LogP contribution in [0.2, 0.25) is 0 Å². The van der Waals surface area contributed by atoms with Gasteiger partial charge in [-0.05, 0) is 42.8 Å². The number of amides is 1. The van der Waals surface area contributed by atoms with Gasteiger partial charge in [-0.25, -0.2) is 4.39 Å². The van der Waals surface area contributed by atoms with Gasteiger partial charge in [0.05, 0.1) is 5.69 Å². The number of alkyl halides is 2. The molecular formula is C15H12F3NOS. The lowest BCUT2D eigenvalue weighted by Crippen LogP contribution is -2.14. The van der Waals surface area contributed by atoms with Gasteiger partial charge in [-0.1, -0.05) is 23.9 Å². The van der Waals surface area contributed by atoms with Gasteiger partial charge in [0, 0.05) is 10.5 Å². The molecule has 0 heterocycles. The summed E-state index contributed by atoms with van der Waals surface area (Å²) in [6.45, 7) is 1.61. The Bertz CT molecular complexity index is 661. The van der Waals surface area contributed by atoms with E-state index in [-0.39, 0.29) is 4.90 Å². The molecule has 0 atom stereocenters. The highest BCUT2D eigenvalue weighted by molar-refractivity contribution is 7.99. The van der Waals surface area contributed by atoms with Gasteiger partial charge >= 0.3 is 0 Å². The van der Waals surface area contributed by atoms with Gasteiger partial charge in [-0.15, -0.1) is 0 Å². The van der Waals surface area contributed by atoms with Crippen LogP contribution in [0.5, 0.6) is 0 Å². The second-order valence-electron chi connectivity index (χ2n) is 4.29. The summed E-state index contributed by atoms with van der Waals surface area (Å²) in [5.74, 6) is -3.47. The fourth-order valence-electron chi connectivity index (χ4n) is 1.84. The van der Waals surface area contributed by atoms with Crippen LogP contribution >= 0.6 is 11.8 Å². The largest absolute Gasteiger partial charge is 0.321 e. The number of benzene rings is 2. The molecule has 0 unspecified atom stereocenters. The second-order valence-corrected chi connectivity index (χ2v) is 5.32. The molecule has 0 saturated heterocycles. The van der Waals surface area contributed by atoms with E-state index in [0.29, 0.717) is 28.6 Å². The van der Waals surface area contributed by atoms with E-state index in [4.69, 9.17) is 0 Å². The summed E-state index contributed by atoms with van der Waals surface area (Å²) in [6.07, 6.45) is 0. The molecule has 0 aliphatic rings. The summed E-state index contributed by atoms with van der Waals surface area (Å²) in [7, 11) is 0. The lowest BCUT2D eigenvalue weighted by molar-refractivity contribution is 0.102. The third kappa shape index (κ3) is 4.01. The van der Waals surface area contributed by atoms with Crippen molar-refractivity contribution in [3.63, 3.8) is 0 Å². The van der Waals surface area contributed by atoms with Crippen molar-refractivity contribution >= 4 is 23.4 Å². The van der Waals surface area contributed by atoms with Crippen molar-refractivity contribution in [1.29, 1.82) is 0 Å². The number of para-hydroxylation sites is 1. The number of hydrogen-bond acceptors (Lipinski definition) is 2. The van der Waals surface area contributed by atoms with E-state index in [2.05, 4.69) is 5.32 Å². The quantitative estimate of drug-likeness (QED) is 0.829. The number of aryl methyl sites for hydroxylation is 1. The first-order valence-electron chi connectivity index (χ1n) is 6.08. The third-order valence-corrected chi connectivity index (χ3v) is 3.57. The maximum atomic E-state index is 13.0. The molecular weight excluding hydrogens is 299 g/mol. The Morgan fingerprint density at radius 1 is 1.19 bits per heavy atom. The maximum absolute atomic E-state index is 13.0. The zero-order valence-electron chi connectivity index (χ0n) is 11.1. The fourth-order valence-corrected chi connectivity index (χ4v) is 2.44. The van der Waals surface area contributed by atoms with Gasteiger partial charge < -0.3 is 5.32 Å². The highest BCUT2D eigenvalue weighted by Gasteiger charge is 2.14. The van der Waals surface area contributed by atoms with E-state index in [1.54, 1.807) is 25.1 Å². The average Bonchev–Trinajstić information content (AvgIpc) is 2.40. The molecule has 0 aliphatic carbocycles. The van der Waals surface area contributed by atoms with E-state index in [1.807, 2.05) is 0 Å². The first-order valence-corrected chi connectivity index (χ1v) is 6.96. The predicted octanol–water partition coefficient (Wildman–Crippen LogP) is 4.70. The van der Waals surface area contributed by atoms with Crippen molar-refractivity contribution < 1.29 is 18.0 Å². The summed E-state index contributed by atoms with van der Waals surface area (Å²) in [5.41, 5.74) is 1.08.